The second-order valence-electron chi connectivity index (χ2n) is 6.48. The minimum absolute atomic E-state index is 0.137. The lowest BCUT2D eigenvalue weighted by molar-refractivity contribution is -0.135. The lowest BCUT2D eigenvalue weighted by atomic mass is 10.0. The summed E-state index contributed by atoms with van der Waals surface area (Å²) in [5, 5.41) is 0.584. The van der Waals surface area contributed by atoms with Crippen molar-refractivity contribution in [3.63, 3.8) is 0 Å². The number of hydrogen-bond donors (Lipinski definition) is 0. The predicted molar refractivity (Wildman–Crippen MR) is 101 cm³/mol. The molecular formula is C20H20ClN3O. The Labute approximate surface area is 152 Å². The van der Waals surface area contributed by atoms with Crippen molar-refractivity contribution in [3.05, 3.63) is 53.3 Å². The predicted octanol–water partition coefficient (Wildman–Crippen LogP) is 4.15. The molecule has 1 aliphatic heterocycles. The van der Waals surface area contributed by atoms with Crippen molar-refractivity contribution >= 4 is 28.5 Å². The summed E-state index contributed by atoms with van der Waals surface area (Å²) in [5.74, 6) is 0.137. The smallest absolute Gasteiger partial charge is 0.242 e. The number of carbonyl (C=O) groups is 1. The Morgan fingerprint density at radius 2 is 2.08 bits per heavy atom. The highest BCUT2D eigenvalue weighted by Crippen LogP contribution is 2.29. The van der Waals surface area contributed by atoms with Crippen LogP contribution < -0.4 is 0 Å². The van der Waals surface area contributed by atoms with Gasteiger partial charge in [-0.25, -0.2) is 0 Å². The third-order valence-electron chi connectivity index (χ3n) is 4.86. The maximum atomic E-state index is 12.3. The number of hydrogen-bond acceptors (Lipinski definition) is 2. The van der Waals surface area contributed by atoms with Crippen molar-refractivity contribution in [2.24, 2.45) is 0 Å². The van der Waals surface area contributed by atoms with Gasteiger partial charge in [0, 0.05) is 31.0 Å². The molecule has 0 atom stereocenters. The van der Waals surface area contributed by atoms with Crippen LogP contribution in [0.2, 0.25) is 5.02 Å². The summed E-state index contributed by atoms with van der Waals surface area (Å²) in [7, 11) is 0. The zero-order valence-corrected chi connectivity index (χ0v) is 15.0. The lowest BCUT2D eigenvalue weighted by Gasteiger charge is -2.31. The van der Waals surface area contributed by atoms with Crippen molar-refractivity contribution < 1.29 is 4.79 Å². The minimum Gasteiger partial charge on any atom is -0.341 e. The van der Waals surface area contributed by atoms with Gasteiger partial charge in [-0.2, -0.15) is 0 Å². The molecule has 1 saturated heterocycles. The summed E-state index contributed by atoms with van der Waals surface area (Å²) in [6.07, 6.45) is 5.75. The van der Waals surface area contributed by atoms with Gasteiger partial charge in [0.2, 0.25) is 5.91 Å². The molecule has 1 amide bonds. The van der Waals surface area contributed by atoms with Crippen LogP contribution in [0.5, 0.6) is 0 Å². The van der Waals surface area contributed by atoms with E-state index < -0.39 is 0 Å². The largest absolute Gasteiger partial charge is 0.341 e. The number of aryl methyl sites for hydroxylation is 1. The molecule has 3 aromatic rings. The fourth-order valence-corrected chi connectivity index (χ4v) is 3.46. The Morgan fingerprint density at radius 3 is 2.80 bits per heavy atom. The summed E-state index contributed by atoms with van der Waals surface area (Å²) in [6, 6.07) is 10.5. The van der Waals surface area contributed by atoms with Crippen LogP contribution in [-0.2, 0) is 17.8 Å². The molecule has 1 fully saturated rings. The Hall–Kier alpha value is -2.33. The van der Waals surface area contributed by atoms with E-state index in [1.165, 1.54) is 5.56 Å². The third kappa shape index (κ3) is 3.02. The third-order valence-corrected chi connectivity index (χ3v) is 5.13. The highest BCUT2D eigenvalue weighted by atomic mass is 35.5. The molecule has 0 N–H and O–H groups in total. The summed E-state index contributed by atoms with van der Waals surface area (Å²) >= 11 is 6.33. The molecule has 0 spiro atoms. The summed E-state index contributed by atoms with van der Waals surface area (Å²) in [4.78, 5) is 18.7. The van der Waals surface area contributed by atoms with E-state index in [4.69, 9.17) is 11.6 Å². The molecule has 0 radical (unpaired) electrons. The topological polar surface area (TPSA) is 38.1 Å². The first kappa shape index (κ1) is 16.2. The SMILES string of the molecule is CCc1cccc(-c2cnc3c(Cl)cn(CC(=O)N4CCC4)c3c2)c1. The molecule has 25 heavy (non-hydrogen) atoms. The van der Waals surface area contributed by atoms with Gasteiger partial charge in [0.25, 0.3) is 0 Å². The lowest BCUT2D eigenvalue weighted by Crippen LogP contribution is -2.43. The van der Waals surface area contributed by atoms with E-state index in [1.54, 1.807) is 0 Å². The van der Waals surface area contributed by atoms with Gasteiger partial charge >= 0.3 is 0 Å². The van der Waals surface area contributed by atoms with Gasteiger partial charge in [-0.3, -0.25) is 9.78 Å². The Balaban J connectivity index is 1.73. The molecule has 5 heteroatoms. The average Bonchev–Trinajstić information content (AvgIpc) is 2.88. The van der Waals surface area contributed by atoms with E-state index >= 15 is 0 Å². The maximum absolute atomic E-state index is 12.3. The first-order valence-corrected chi connectivity index (χ1v) is 9.05. The summed E-state index contributed by atoms with van der Waals surface area (Å²) < 4.78 is 1.92. The number of amides is 1. The first-order chi connectivity index (χ1) is 12.2. The standard InChI is InChI=1S/C20H20ClN3O/c1-2-14-5-3-6-15(9-14)16-10-18-20(22-11-16)17(21)12-24(18)13-19(25)23-7-4-8-23/h3,5-6,9-12H,2,4,7-8,13H2,1H3. The number of likely N-dealkylation sites (tertiary alicyclic amines) is 1. The Bertz CT molecular complexity index is 943. The van der Waals surface area contributed by atoms with Crippen LogP contribution in [0.4, 0.5) is 0 Å². The number of nitrogens with zero attached hydrogens (tertiary/aromatic N) is 3. The number of halogens is 1. The van der Waals surface area contributed by atoms with E-state index in [2.05, 4.69) is 42.2 Å². The van der Waals surface area contributed by atoms with Crippen molar-refractivity contribution in [3.8, 4) is 11.1 Å². The molecule has 0 bridgehead atoms. The van der Waals surface area contributed by atoms with Crippen LogP contribution in [0.3, 0.4) is 0 Å². The van der Waals surface area contributed by atoms with Crippen LogP contribution in [0, 0.1) is 0 Å². The highest BCUT2D eigenvalue weighted by Gasteiger charge is 2.21. The number of pyridine rings is 1. The molecule has 4 rings (SSSR count). The second-order valence-corrected chi connectivity index (χ2v) is 6.89. The molecule has 4 nitrogen and oxygen atoms in total. The van der Waals surface area contributed by atoms with Gasteiger partial charge in [-0.05, 0) is 30.0 Å². The molecule has 0 saturated carbocycles. The molecule has 1 aromatic carbocycles. The number of benzene rings is 1. The minimum atomic E-state index is 0.137. The number of rotatable bonds is 4. The van der Waals surface area contributed by atoms with E-state index in [0.29, 0.717) is 11.6 Å². The molecular weight excluding hydrogens is 334 g/mol. The van der Waals surface area contributed by atoms with E-state index in [-0.39, 0.29) is 5.91 Å². The van der Waals surface area contributed by atoms with Gasteiger partial charge in [-0.15, -0.1) is 0 Å². The fraction of sp³-hybridized carbons (Fsp3) is 0.300. The Kier molecular flexibility index (Phi) is 4.22. The molecule has 1 aliphatic rings. The maximum Gasteiger partial charge on any atom is 0.242 e. The molecule has 3 heterocycles. The van der Waals surface area contributed by atoms with Crippen molar-refractivity contribution in [1.82, 2.24) is 14.5 Å². The van der Waals surface area contributed by atoms with E-state index in [1.807, 2.05) is 21.9 Å². The van der Waals surface area contributed by atoms with Gasteiger partial charge in [0.15, 0.2) is 0 Å². The second kappa shape index (κ2) is 6.52. The van der Waals surface area contributed by atoms with E-state index in [0.717, 1.165) is 48.1 Å². The van der Waals surface area contributed by atoms with Crippen LogP contribution >= 0.6 is 11.6 Å². The van der Waals surface area contributed by atoms with Crippen LogP contribution in [0.15, 0.2) is 42.7 Å². The van der Waals surface area contributed by atoms with Gasteiger partial charge in [0.1, 0.15) is 12.1 Å². The quantitative estimate of drug-likeness (QED) is 0.706. The monoisotopic (exact) mass is 353 g/mol. The molecule has 2 aromatic heterocycles. The molecule has 0 aliphatic carbocycles. The number of fused-ring (bicyclic) bond motifs is 1. The van der Waals surface area contributed by atoms with Gasteiger partial charge in [0.05, 0.1) is 10.5 Å². The molecule has 0 unspecified atom stereocenters. The van der Waals surface area contributed by atoms with E-state index in [9.17, 15) is 4.79 Å². The number of aromatic nitrogens is 2. The highest BCUT2D eigenvalue weighted by molar-refractivity contribution is 6.35. The van der Waals surface area contributed by atoms with Crippen LogP contribution in [-0.4, -0.2) is 33.4 Å². The normalized spacial score (nSPS) is 13.9. The van der Waals surface area contributed by atoms with Crippen molar-refractivity contribution in [2.75, 3.05) is 13.1 Å². The van der Waals surface area contributed by atoms with Gasteiger partial charge in [-0.1, -0.05) is 42.8 Å². The fourth-order valence-electron chi connectivity index (χ4n) is 3.19. The van der Waals surface area contributed by atoms with Crippen LogP contribution in [0.25, 0.3) is 22.2 Å². The average molecular weight is 354 g/mol. The van der Waals surface area contributed by atoms with Gasteiger partial charge < -0.3 is 9.47 Å². The zero-order chi connectivity index (χ0) is 17.4. The van der Waals surface area contributed by atoms with Crippen molar-refractivity contribution in [2.45, 2.75) is 26.3 Å². The Morgan fingerprint density at radius 1 is 1.24 bits per heavy atom. The number of carbonyl (C=O) groups excluding carboxylic acids is 1. The zero-order valence-electron chi connectivity index (χ0n) is 14.2. The summed E-state index contributed by atoms with van der Waals surface area (Å²) in [5.41, 5.74) is 5.10. The van der Waals surface area contributed by atoms with Crippen molar-refractivity contribution in [1.29, 1.82) is 0 Å². The molecule has 128 valence electrons. The summed E-state index contributed by atoms with van der Waals surface area (Å²) in [6.45, 7) is 4.17. The van der Waals surface area contributed by atoms with Crippen LogP contribution in [0.1, 0.15) is 18.9 Å². The first-order valence-electron chi connectivity index (χ1n) is 8.67.